The molecule has 0 saturated heterocycles. The molecule has 26 heavy (non-hydrogen) atoms. The highest BCUT2D eigenvalue weighted by molar-refractivity contribution is 7.12. The van der Waals surface area contributed by atoms with Gasteiger partial charge in [-0.25, -0.2) is 4.98 Å². The van der Waals surface area contributed by atoms with Crippen molar-refractivity contribution in [2.45, 2.75) is 0 Å². The molecule has 0 N–H and O–H groups in total. The van der Waals surface area contributed by atoms with Crippen LogP contribution in [-0.4, -0.2) is 19.7 Å². The number of nitro groups is 1. The Balaban J connectivity index is 1.86. The summed E-state index contributed by atoms with van der Waals surface area (Å²) in [5, 5.41) is 18.3. The monoisotopic (exact) mass is 384 g/mol. The second kappa shape index (κ2) is 6.32. The van der Waals surface area contributed by atoms with E-state index in [2.05, 4.69) is 10.1 Å². The van der Waals surface area contributed by atoms with E-state index in [0.29, 0.717) is 15.8 Å². The van der Waals surface area contributed by atoms with Crippen molar-refractivity contribution in [2.24, 2.45) is 0 Å². The van der Waals surface area contributed by atoms with Crippen molar-refractivity contribution in [2.75, 3.05) is 0 Å². The molecular formula is C17H9ClN4O3S. The van der Waals surface area contributed by atoms with E-state index in [1.165, 1.54) is 35.7 Å². The zero-order valence-corrected chi connectivity index (χ0v) is 14.6. The van der Waals surface area contributed by atoms with Crippen LogP contribution in [0.25, 0.3) is 27.2 Å². The molecule has 0 amide bonds. The lowest BCUT2D eigenvalue weighted by atomic mass is 10.1. The number of halogens is 1. The lowest BCUT2D eigenvalue weighted by molar-refractivity contribution is -0.383. The van der Waals surface area contributed by atoms with E-state index in [9.17, 15) is 14.9 Å². The van der Waals surface area contributed by atoms with Gasteiger partial charge in [-0.3, -0.25) is 14.9 Å². The maximum Gasteiger partial charge on any atom is 0.281 e. The van der Waals surface area contributed by atoms with Crippen LogP contribution in [0.3, 0.4) is 0 Å². The van der Waals surface area contributed by atoms with Crippen LogP contribution >= 0.6 is 22.9 Å². The van der Waals surface area contributed by atoms with Crippen LogP contribution in [0.1, 0.15) is 0 Å². The van der Waals surface area contributed by atoms with Crippen LogP contribution in [0.15, 0.2) is 58.8 Å². The fraction of sp³-hybridized carbons (Fsp3) is 0. The zero-order chi connectivity index (χ0) is 18.3. The third-order valence-electron chi connectivity index (χ3n) is 3.83. The maximum absolute atomic E-state index is 12.7. The van der Waals surface area contributed by atoms with Crippen molar-refractivity contribution in [1.29, 1.82) is 0 Å². The predicted octanol–water partition coefficient (Wildman–Crippen LogP) is 4.07. The van der Waals surface area contributed by atoms with Gasteiger partial charge in [0.1, 0.15) is 0 Å². The van der Waals surface area contributed by atoms with Gasteiger partial charge in [0.2, 0.25) is 5.13 Å². The summed E-state index contributed by atoms with van der Waals surface area (Å²) in [5.74, 6) is 0. The molecular weight excluding hydrogens is 376 g/mol. The first-order valence-corrected chi connectivity index (χ1v) is 8.68. The van der Waals surface area contributed by atoms with E-state index in [-0.39, 0.29) is 16.5 Å². The summed E-state index contributed by atoms with van der Waals surface area (Å²) in [6.45, 7) is 0. The van der Waals surface area contributed by atoms with Gasteiger partial charge < -0.3 is 0 Å². The van der Waals surface area contributed by atoms with E-state index in [1.54, 1.807) is 11.4 Å². The van der Waals surface area contributed by atoms with Crippen molar-refractivity contribution in [1.82, 2.24) is 14.8 Å². The van der Waals surface area contributed by atoms with Crippen LogP contribution in [-0.2, 0) is 0 Å². The number of hydrogen-bond donors (Lipinski definition) is 0. The van der Waals surface area contributed by atoms with E-state index in [0.717, 1.165) is 10.2 Å². The number of non-ortho nitro benzene ring substituents is 1. The van der Waals surface area contributed by atoms with E-state index >= 15 is 0 Å². The summed E-state index contributed by atoms with van der Waals surface area (Å²) >= 11 is 7.42. The van der Waals surface area contributed by atoms with Crippen LogP contribution in [0.5, 0.6) is 0 Å². The minimum absolute atomic E-state index is 0.157. The molecule has 2 heterocycles. The molecule has 0 spiro atoms. The number of nitrogens with zero attached hydrogens (tertiary/aromatic N) is 4. The average molecular weight is 385 g/mol. The third kappa shape index (κ3) is 2.65. The van der Waals surface area contributed by atoms with Crippen molar-refractivity contribution in [3.05, 3.63) is 79.5 Å². The number of fused-ring (bicyclic) bond motifs is 1. The van der Waals surface area contributed by atoms with Gasteiger partial charge in [0, 0.05) is 22.0 Å². The van der Waals surface area contributed by atoms with Crippen molar-refractivity contribution >= 4 is 39.4 Å². The molecule has 0 radical (unpaired) electrons. The molecule has 0 bridgehead atoms. The van der Waals surface area contributed by atoms with Gasteiger partial charge in [-0.15, -0.1) is 11.3 Å². The zero-order valence-electron chi connectivity index (χ0n) is 13.0. The normalized spacial score (nSPS) is 11.0. The number of hydrogen-bond acceptors (Lipinski definition) is 6. The van der Waals surface area contributed by atoms with Gasteiger partial charge in [0.05, 0.1) is 27.6 Å². The molecule has 7 nitrogen and oxygen atoms in total. The van der Waals surface area contributed by atoms with Crippen molar-refractivity contribution < 1.29 is 4.92 Å². The molecule has 0 fully saturated rings. The molecule has 128 valence electrons. The predicted molar refractivity (Wildman–Crippen MR) is 100 cm³/mol. The van der Waals surface area contributed by atoms with Crippen LogP contribution in [0.4, 0.5) is 5.69 Å². The maximum atomic E-state index is 12.7. The Labute approximate surface area is 155 Å². The number of nitro benzene ring substituents is 1. The second-order valence-electron chi connectivity index (χ2n) is 5.35. The smallest absolute Gasteiger partial charge is 0.267 e. The molecule has 0 unspecified atom stereocenters. The second-order valence-corrected chi connectivity index (χ2v) is 6.60. The van der Waals surface area contributed by atoms with E-state index in [1.807, 2.05) is 18.2 Å². The van der Waals surface area contributed by atoms with Crippen LogP contribution < -0.4 is 5.56 Å². The van der Waals surface area contributed by atoms with Gasteiger partial charge in [0.25, 0.3) is 11.2 Å². The lowest BCUT2D eigenvalue weighted by Gasteiger charge is -2.03. The summed E-state index contributed by atoms with van der Waals surface area (Å²) in [4.78, 5) is 27.8. The first-order chi connectivity index (χ1) is 12.6. The summed E-state index contributed by atoms with van der Waals surface area (Å²) in [6, 6.07) is 11.6. The molecule has 4 aromatic rings. The van der Waals surface area contributed by atoms with E-state index < -0.39 is 10.5 Å². The molecule has 0 atom stereocenters. The minimum Gasteiger partial charge on any atom is -0.267 e. The Kier molecular flexibility index (Phi) is 3.98. The molecule has 0 aliphatic rings. The van der Waals surface area contributed by atoms with Gasteiger partial charge in [-0.2, -0.15) is 9.78 Å². The Hall–Kier alpha value is -3.10. The summed E-state index contributed by atoms with van der Waals surface area (Å²) in [6.07, 6.45) is 1.31. The highest BCUT2D eigenvalue weighted by atomic mass is 35.5. The number of rotatable bonds is 3. The Morgan fingerprint density at radius 2 is 1.92 bits per heavy atom. The summed E-state index contributed by atoms with van der Waals surface area (Å²) < 4.78 is 1.14. The largest absolute Gasteiger partial charge is 0.281 e. The molecule has 2 aromatic heterocycles. The Bertz CT molecular complexity index is 1220. The standard InChI is InChI=1S/C17H9ClN4O3S/c18-13-6-2-1-4-11(13)14-9-26-17(20-14)21-16(23)10-5-3-7-15(22(24)25)12(10)8-19-21/h1-9H. The molecule has 0 saturated carbocycles. The fourth-order valence-electron chi connectivity index (χ4n) is 2.61. The molecule has 0 aliphatic carbocycles. The highest BCUT2D eigenvalue weighted by Crippen LogP contribution is 2.29. The van der Waals surface area contributed by atoms with Crippen molar-refractivity contribution in [3.63, 3.8) is 0 Å². The van der Waals surface area contributed by atoms with Crippen molar-refractivity contribution in [3.8, 4) is 16.4 Å². The topological polar surface area (TPSA) is 90.9 Å². The Morgan fingerprint density at radius 1 is 1.12 bits per heavy atom. The first-order valence-electron chi connectivity index (χ1n) is 7.42. The van der Waals surface area contributed by atoms with Gasteiger partial charge >= 0.3 is 0 Å². The van der Waals surface area contributed by atoms with Crippen LogP contribution in [0.2, 0.25) is 5.02 Å². The molecule has 4 rings (SSSR count). The number of aromatic nitrogens is 3. The summed E-state index contributed by atoms with van der Waals surface area (Å²) in [7, 11) is 0. The molecule has 9 heteroatoms. The minimum atomic E-state index is -0.535. The van der Waals surface area contributed by atoms with Crippen LogP contribution in [0, 0.1) is 10.1 Å². The first kappa shape index (κ1) is 16.4. The van der Waals surface area contributed by atoms with Gasteiger partial charge in [-0.1, -0.05) is 35.9 Å². The lowest BCUT2D eigenvalue weighted by Crippen LogP contribution is -2.21. The van der Waals surface area contributed by atoms with Gasteiger partial charge in [0.15, 0.2) is 0 Å². The fourth-order valence-corrected chi connectivity index (χ4v) is 3.62. The number of benzene rings is 2. The Morgan fingerprint density at radius 3 is 2.69 bits per heavy atom. The summed E-state index contributed by atoms with van der Waals surface area (Å²) in [5.41, 5.74) is 0.756. The average Bonchev–Trinajstić information content (AvgIpc) is 3.11. The molecule has 0 aliphatic heterocycles. The number of thiazole rings is 1. The third-order valence-corrected chi connectivity index (χ3v) is 4.97. The molecule has 2 aromatic carbocycles. The SMILES string of the molecule is O=c1c2cccc([N+](=O)[O-])c2cnn1-c1nc(-c2ccccc2Cl)cs1. The highest BCUT2D eigenvalue weighted by Gasteiger charge is 2.17. The quantitative estimate of drug-likeness (QED) is 0.392. The van der Waals surface area contributed by atoms with E-state index in [4.69, 9.17) is 11.6 Å². The van der Waals surface area contributed by atoms with Gasteiger partial charge in [-0.05, 0) is 12.1 Å².